The Hall–Kier alpha value is -3.70. The maximum Gasteiger partial charge on any atom is 0.244 e. The number of benzene rings is 3. The third-order valence-electron chi connectivity index (χ3n) is 5.13. The molecule has 2 aromatic heterocycles. The van der Waals surface area contributed by atoms with E-state index in [9.17, 15) is 9.59 Å². The van der Waals surface area contributed by atoms with Crippen molar-refractivity contribution in [2.24, 2.45) is 0 Å². The molecule has 1 amide bonds. The smallest absolute Gasteiger partial charge is 0.244 e. The number of nitrogens with zero attached hydrogens (tertiary/aromatic N) is 1. The second-order valence-electron chi connectivity index (χ2n) is 7.10. The van der Waals surface area contributed by atoms with Crippen molar-refractivity contribution in [2.75, 3.05) is 5.32 Å². The summed E-state index contributed by atoms with van der Waals surface area (Å²) in [4.78, 5) is 26.4. The Morgan fingerprint density at radius 1 is 0.867 bits per heavy atom. The number of fused-ring (bicyclic) bond motifs is 2. The van der Waals surface area contributed by atoms with Crippen LogP contribution in [0.2, 0.25) is 0 Å². The summed E-state index contributed by atoms with van der Waals surface area (Å²) < 4.78 is 1.84. The SMILES string of the molecule is O=C(Cn1cc(C(=O)c2cccs2)c2ccccc21)Nc1ccc2ccccc2c1. The zero-order valence-corrected chi connectivity index (χ0v) is 16.9. The van der Waals surface area contributed by atoms with Crippen molar-refractivity contribution in [2.45, 2.75) is 6.54 Å². The monoisotopic (exact) mass is 410 g/mol. The molecule has 0 aliphatic carbocycles. The number of para-hydroxylation sites is 1. The fourth-order valence-electron chi connectivity index (χ4n) is 3.72. The highest BCUT2D eigenvalue weighted by Crippen LogP contribution is 2.26. The quantitative estimate of drug-likeness (QED) is 0.377. The van der Waals surface area contributed by atoms with Gasteiger partial charge in [-0.2, -0.15) is 0 Å². The number of carbonyl (C=O) groups is 2. The maximum atomic E-state index is 12.9. The lowest BCUT2D eigenvalue weighted by atomic mass is 10.1. The first kappa shape index (κ1) is 18.3. The Morgan fingerprint density at radius 2 is 1.67 bits per heavy atom. The number of hydrogen-bond donors (Lipinski definition) is 1. The van der Waals surface area contributed by atoms with Gasteiger partial charge in [-0.1, -0.05) is 54.6 Å². The van der Waals surface area contributed by atoms with Crippen molar-refractivity contribution >= 4 is 50.4 Å². The first-order valence-electron chi connectivity index (χ1n) is 9.64. The van der Waals surface area contributed by atoms with Crippen LogP contribution in [0, 0.1) is 0 Å². The van der Waals surface area contributed by atoms with Gasteiger partial charge in [0.1, 0.15) is 6.54 Å². The number of amides is 1. The number of thiophene rings is 1. The van der Waals surface area contributed by atoms with Gasteiger partial charge in [0.15, 0.2) is 0 Å². The molecule has 0 spiro atoms. The summed E-state index contributed by atoms with van der Waals surface area (Å²) in [6.45, 7) is 0.130. The maximum absolute atomic E-state index is 12.9. The number of aromatic nitrogens is 1. The van der Waals surface area contributed by atoms with Crippen LogP contribution in [-0.2, 0) is 11.3 Å². The molecule has 146 valence electrons. The van der Waals surface area contributed by atoms with E-state index < -0.39 is 0 Å². The Balaban J connectivity index is 1.43. The van der Waals surface area contributed by atoms with E-state index in [0.29, 0.717) is 10.4 Å². The molecule has 30 heavy (non-hydrogen) atoms. The normalized spacial score (nSPS) is 11.1. The summed E-state index contributed by atoms with van der Waals surface area (Å²) in [6, 6.07) is 25.3. The van der Waals surface area contributed by atoms with E-state index in [4.69, 9.17) is 0 Å². The van der Waals surface area contributed by atoms with Gasteiger partial charge in [0, 0.05) is 28.4 Å². The molecule has 5 aromatic rings. The van der Waals surface area contributed by atoms with Gasteiger partial charge in [-0.3, -0.25) is 9.59 Å². The van der Waals surface area contributed by atoms with Crippen LogP contribution in [0.4, 0.5) is 5.69 Å². The molecule has 5 rings (SSSR count). The summed E-state index contributed by atoms with van der Waals surface area (Å²) in [6.07, 6.45) is 1.78. The second kappa shape index (κ2) is 7.61. The first-order chi connectivity index (χ1) is 14.7. The molecular formula is C25H18N2O2S. The van der Waals surface area contributed by atoms with Crippen LogP contribution < -0.4 is 5.32 Å². The lowest BCUT2D eigenvalue weighted by molar-refractivity contribution is -0.116. The minimum absolute atomic E-state index is 0.0186. The number of rotatable bonds is 5. The largest absolute Gasteiger partial charge is 0.337 e. The molecule has 0 fully saturated rings. The van der Waals surface area contributed by atoms with Gasteiger partial charge in [0.25, 0.3) is 0 Å². The van der Waals surface area contributed by atoms with Crippen molar-refractivity contribution in [3.63, 3.8) is 0 Å². The highest BCUT2D eigenvalue weighted by Gasteiger charge is 2.18. The molecule has 0 aliphatic rings. The number of nitrogens with one attached hydrogen (secondary N) is 1. The lowest BCUT2D eigenvalue weighted by Gasteiger charge is -2.08. The third-order valence-corrected chi connectivity index (χ3v) is 5.99. The van der Waals surface area contributed by atoms with Gasteiger partial charge in [-0.25, -0.2) is 0 Å². The number of hydrogen-bond acceptors (Lipinski definition) is 3. The molecule has 0 unspecified atom stereocenters. The molecule has 3 aromatic carbocycles. The fourth-order valence-corrected chi connectivity index (χ4v) is 4.40. The van der Waals surface area contributed by atoms with Gasteiger partial charge >= 0.3 is 0 Å². The lowest BCUT2D eigenvalue weighted by Crippen LogP contribution is -2.18. The topological polar surface area (TPSA) is 51.1 Å². The number of anilines is 1. The predicted molar refractivity (Wildman–Crippen MR) is 122 cm³/mol. The van der Waals surface area contributed by atoms with E-state index in [1.165, 1.54) is 11.3 Å². The van der Waals surface area contributed by atoms with E-state index >= 15 is 0 Å². The molecule has 0 aliphatic heterocycles. The molecule has 4 nitrogen and oxygen atoms in total. The Bertz CT molecular complexity index is 1380. The number of carbonyl (C=O) groups excluding carboxylic acids is 2. The van der Waals surface area contributed by atoms with Gasteiger partial charge in [0.2, 0.25) is 11.7 Å². The van der Waals surface area contributed by atoms with Crippen molar-refractivity contribution in [1.82, 2.24) is 4.57 Å². The summed E-state index contributed by atoms with van der Waals surface area (Å²) >= 11 is 1.42. The summed E-state index contributed by atoms with van der Waals surface area (Å²) in [5, 5.41) is 7.92. The van der Waals surface area contributed by atoms with Crippen LogP contribution >= 0.6 is 11.3 Å². The van der Waals surface area contributed by atoms with E-state index in [1.54, 1.807) is 6.20 Å². The molecule has 1 N–H and O–H groups in total. The zero-order chi connectivity index (χ0) is 20.5. The van der Waals surface area contributed by atoms with Crippen LogP contribution in [-0.4, -0.2) is 16.3 Å². The standard InChI is InChI=1S/C25H18N2O2S/c28-24(26-19-12-11-17-6-1-2-7-18(17)14-19)16-27-15-21(20-8-3-4-9-22(20)27)25(29)23-10-5-13-30-23/h1-15H,16H2,(H,26,28). The van der Waals surface area contributed by atoms with Crippen LogP contribution in [0.5, 0.6) is 0 Å². The van der Waals surface area contributed by atoms with E-state index in [0.717, 1.165) is 27.4 Å². The van der Waals surface area contributed by atoms with E-state index in [1.807, 2.05) is 88.8 Å². The summed E-state index contributed by atoms with van der Waals surface area (Å²) in [5.41, 5.74) is 2.24. The fraction of sp³-hybridized carbons (Fsp3) is 0.0400. The van der Waals surface area contributed by atoms with E-state index in [2.05, 4.69) is 5.32 Å². The minimum atomic E-state index is -0.138. The minimum Gasteiger partial charge on any atom is -0.337 e. The third kappa shape index (κ3) is 3.40. The van der Waals surface area contributed by atoms with Crippen molar-refractivity contribution in [1.29, 1.82) is 0 Å². The van der Waals surface area contributed by atoms with Gasteiger partial charge in [0.05, 0.1) is 4.88 Å². The Labute approximate surface area is 177 Å². The molecule has 5 heteroatoms. The molecule has 2 heterocycles. The average Bonchev–Trinajstić information content (AvgIpc) is 3.42. The molecule has 0 saturated heterocycles. The molecule has 0 saturated carbocycles. The summed E-state index contributed by atoms with van der Waals surface area (Å²) in [5.74, 6) is -0.156. The van der Waals surface area contributed by atoms with Crippen LogP contribution in [0.15, 0.2) is 90.4 Å². The Kier molecular flexibility index (Phi) is 4.65. The van der Waals surface area contributed by atoms with Crippen molar-refractivity contribution in [3.8, 4) is 0 Å². The average molecular weight is 410 g/mol. The Morgan fingerprint density at radius 3 is 2.50 bits per heavy atom. The first-order valence-corrected chi connectivity index (χ1v) is 10.5. The van der Waals surface area contributed by atoms with Crippen LogP contribution in [0.25, 0.3) is 21.7 Å². The predicted octanol–water partition coefficient (Wildman–Crippen LogP) is 5.73. The molecule has 0 radical (unpaired) electrons. The van der Waals surface area contributed by atoms with Crippen LogP contribution in [0.3, 0.4) is 0 Å². The molecule has 0 bridgehead atoms. The second-order valence-corrected chi connectivity index (χ2v) is 8.05. The van der Waals surface area contributed by atoms with Crippen molar-refractivity contribution in [3.05, 3.63) is 101 Å². The van der Waals surface area contributed by atoms with Gasteiger partial charge in [-0.05, 0) is 40.4 Å². The molecular weight excluding hydrogens is 392 g/mol. The highest BCUT2D eigenvalue weighted by atomic mass is 32.1. The van der Waals surface area contributed by atoms with E-state index in [-0.39, 0.29) is 18.2 Å². The zero-order valence-electron chi connectivity index (χ0n) is 16.0. The van der Waals surface area contributed by atoms with Gasteiger partial charge in [-0.15, -0.1) is 11.3 Å². The summed E-state index contributed by atoms with van der Waals surface area (Å²) in [7, 11) is 0. The van der Waals surface area contributed by atoms with Crippen molar-refractivity contribution < 1.29 is 9.59 Å². The number of ketones is 1. The highest BCUT2D eigenvalue weighted by molar-refractivity contribution is 7.12. The molecule has 0 atom stereocenters. The van der Waals surface area contributed by atoms with Crippen LogP contribution in [0.1, 0.15) is 15.2 Å². The van der Waals surface area contributed by atoms with Gasteiger partial charge < -0.3 is 9.88 Å².